The molecule has 0 unspecified atom stereocenters. The summed E-state index contributed by atoms with van der Waals surface area (Å²) in [6.07, 6.45) is 0. The van der Waals surface area contributed by atoms with Gasteiger partial charge in [0.15, 0.2) is 0 Å². The molecular formula is C15H16BrNO. The summed E-state index contributed by atoms with van der Waals surface area (Å²) in [6.45, 7) is 2.16. The summed E-state index contributed by atoms with van der Waals surface area (Å²) in [5.41, 5.74) is 2.30. The van der Waals surface area contributed by atoms with Gasteiger partial charge in [0, 0.05) is 16.7 Å². The van der Waals surface area contributed by atoms with Crippen molar-refractivity contribution in [2.45, 2.75) is 6.61 Å². The molecule has 0 heterocycles. The van der Waals surface area contributed by atoms with Gasteiger partial charge in [0.2, 0.25) is 0 Å². The van der Waals surface area contributed by atoms with Crippen LogP contribution in [0.4, 0.5) is 5.69 Å². The van der Waals surface area contributed by atoms with Gasteiger partial charge in [-0.3, -0.25) is 0 Å². The Morgan fingerprint density at radius 2 is 1.67 bits per heavy atom. The van der Waals surface area contributed by atoms with Crippen LogP contribution < -0.4 is 5.32 Å². The van der Waals surface area contributed by atoms with Gasteiger partial charge in [-0.05, 0) is 33.6 Å². The number of rotatable bonds is 6. The zero-order valence-corrected chi connectivity index (χ0v) is 11.7. The van der Waals surface area contributed by atoms with Crippen LogP contribution in [-0.2, 0) is 11.3 Å². The normalized spacial score (nSPS) is 10.3. The average molecular weight is 306 g/mol. The molecule has 94 valence electrons. The molecule has 0 atom stereocenters. The van der Waals surface area contributed by atoms with Crippen molar-refractivity contribution in [1.82, 2.24) is 0 Å². The molecule has 2 aromatic carbocycles. The minimum absolute atomic E-state index is 0.665. The van der Waals surface area contributed by atoms with Crippen molar-refractivity contribution in [2.75, 3.05) is 18.5 Å². The maximum atomic E-state index is 5.60. The Bertz CT molecular complexity index is 473. The zero-order valence-electron chi connectivity index (χ0n) is 10.1. The van der Waals surface area contributed by atoms with Gasteiger partial charge in [-0.1, -0.05) is 42.5 Å². The fourth-order valence-corrected chi connectivity index (χ4v) is 2.05. The van der Waals surface area contributed by atoms with E-state index in [0.717, 1.165) is 16.7 Å². The lowest BCUT2D eigenvalue weighted by molar-refractivity contribution is 0.130. The van der Waals surface area contributed by atoms with Crippen LogP contribution in [-0.4, -0.2) is 13.2 Å². The SMILES string of the molecule is Brc1ccccc1NCCOCc1ccccc1. The monoisotopic (exact) mass is 305 g/mol. The lowest BCUT2D eigenvalue weighted by atomic mass is 10.2. The van der Waals surface area contributed by atoms with Gasteiger partial charge in [0.05, 0.1) is 13.2 Å². The third-order valence-electron chi connectivity index (χ3n) is 2.55. The number of para-hydroxylation sites is 1. The molecule has 0 saturated carbocycles. The van der Waals surface area contributed by atoms with E-state index >= 15 is 0 Å². The van der Waals surface area contributed by atoms with Gasteiger partial charge in [-0.25, -0.2) is 0 Å². The standard InChI is InChI=1S/C15H16BrNO/c16-14-8-4-5-9-15(14)17-10-11-18-12-13-6-2-1-3-7-13/h1-9,17H,10-12H2. The maximum absolute atomic E-state index is 5.60. The van der Waals surface area contributed by atoms with Crippen molar-refractivity contribution in [3.05, 3.63) is 64.6 Å². The summed E-state index contributed by atoms with van der Waals surface area (Å²) >= 11 is 3.50. The van der Waals surface area contributed by atoms with Gasteiger partial charge in [0.25, 0.3) is 0 Å². The highest BCUT2D eigenvalue weighted by Crippen LogP contribution is 2.20. The van der Waals surface area contributed by atoms with E-state index in [4.69, 9.17) is 4.74 Å². The van der Waals surface area contributed by atoms with Crippen molar-refractivity contribution in [3.8, 4) is 0 Å². The quantitative estimate of drug-likeness (QED) is 0.812. The Morgan fingerprint density at radius 3 is 2.44 bits per heavy atom. The zero-order chi connectivity index (χ0) is 12.6. The van der Waals surface area contributed by atoms with Crippen LogP contribution in [0, 0.1) is 0 Å². The molecule has 0 aliphatic carbocycles. The molecule has 0 spiro atoms. The topological polar surface area (TPSA) is 21.3 Å². The summed E-state index contributed by atoms with van der Waals surface area (Å²) in [5, 5.41) is 3.33. The van der Waals surface area contributed by atoms with Crippen molar-refractivity contribution in [1.29, 1.82) is 0 Å². The molecule has 0 aliphatic rings. The Balaban J connectivity index is 1.66. The predicted octanol–water partition coefficient (Wildman–Crippen LogP) is 4.08. The van der Waals surface area contributed by atoms with Crippen molar-refractivity contribution >= 4 is 21.6 Å². The number of ether oxygens (including phenoxy) is 1. The highest BCUT2D eigenvalue weighted by molar-refractivity contribution is 9.10. The number of hydrogen-bond donors (Lipinski definition) is 1. The Morgan fingerprint density at radius 1 is 0.944 bits per heavy atom. The molecule has 0 amide bonds. The lowest BCUT2D eigenvalue weighted by Gasteiger charge is -2.08. The van der Waals surface area contributed by atoms with Gasteiger partial charge >= 0.3 is 0 Å². The summed E-state index contributed by atoms with van der Waals surface area (Å²) in [5.74, 6) is 0. The third-order valence-corrected chi connectivity index (χ3v) is 3.24. The fraction of sp³-hybridized carbons (Fsp3) is 0.200. The number of nitrogens with one attached hydrogen (secondary N) is 1. The molecule has 3 heteroatoms. The minimum atomic E-state index is 0.665. The first-order valence-corrected chi connectivity index (χ1v) is 6.75. The van der Waals surface area contributed by atoms with Crippen LogP contribution in [0.5, 0.6) is 0 Å². The number of halogens is 1. The first-order chi connectivity index (χ1) is 8.86. The van der Waals surface area contributed by atoms with E-state index in [1.165, 1.54) is 5.56 Å². The molecule has 0 fully saturated rings. The van der Waals surface area contributed by atoms with Crippen LogP contribution in [0.15, 0.2) is 59.1 Å². The number of benzene rings is 2. The smallest absolute Gasteiger partial charge is 0.0717 e. The minimum Gasteiger partial charge on any atom is -0.382 e. The first kappa shape index (κ1) is 13.1. The maximum Gasteiger partial charge on any atom is 0.0717 e. The molecule has 1 N–H and O–H groups in total. The van der Waals surface area contributed by atoms with E-state index in [0.29, 0.717) is 13.2 Å². The van der Waals surface area contributed by atoms with Gasteiger partial charge < -0.3 is 10.1 Å². The second-order valence-electron chi connectivity index (χ2n) is 3.94. The second-order valence-corrected chi connectivity index (χ2v) is 4.80. The largest absolute Gasteiger partial charge is 0.382 e. The van der Waals surface area contributed by atoms with E-state index in [1.54, 1.807) is 0 Å². The molecule has 2 nitrogen and oxygen atoms in total. The molecule has 0 aromatic heterocycles. The Hall–Kier alpha value is -1.32. The van der Waals surface area contributed by atoms with E-state index < -0.39 is 0 Å². The predicted molar refractivity (Wildman–Crippen MR) is 78.7 cm³/mol. The molecule has 0 aliphatic heterocycles. The number of anilines is 1. The molecule has 2 rings (SSSR count). The van der Waals surface area contributed by atoms with Crippen LogP contribution in [0.3, 0.4) is 0 Å². The second kappa shape index (κ2) is 7.19. The van der Waals surface area contributed by atoms with E-state index in [1.807, 2.05) is 42.5 Å². The van der Waals surface area contributed by atoms with Crippen molar-refractivity contribution in [2.24, 2.45) is 0 Å². The van der Waals surface area contributed by atoms with E-state index in [-0.39, 0.29) is 0 Å². The molecular weight excluding hydrogens is 290 g/mol. The molecule has 0 saturated heterocycles. The molecule has 2 aromatic rings. The third kappa shape index (κ3) is 4.17. The summed E-state index contributed by atoms with van der Waals surface area (Å²) < 4.78 is 6.68. The summed E-state index contributed by atoms with van der Waals surface area (Å²) in [7, 11) is 0. The van der Waals surface area contributed by atoms with Crippen LogP contribution in [0.25, 0.3) is 0 Å². The highest BCUT2D eigenvalue weighted by Gasteiger charge is 1.96. The lowest BCUT2D eigenvalue weighted by Crippen LogP contribution is -2.09. The highest BCUT2D eigenvalue weighted by atomic mass is 79.9. The molecule has 0 bridgehead atoms. The fourth-order valence-electron chi connectivity index (χ4n) is 1.63. The van der Waals surface area contributed by atoms with Crippen LogP contribution in [0.2, 0.25) is 0 Å². The Kier molecular flexibility index (Phi) is 5.24. The van der Waals surface area contributed by atoms with Gasteiger partial charge in [0.1, 0.15) is 0 Å². The van der Waals surface area contributed by atoms with Crippen LogP contribution in [0.1, 0.15) is 5.56 Å². The molecule has 18 heavy (non-hydrogen) atoms. The van der Waals surface area contributed by atoms with E-state index in [2.05, 4.69) is 33.4 Å². The molecule has 0 radical (unpaired) electrons. The van der Waals surface area contributed by atoms with Crippen LogP contribution >= 0.6 is 15.9 Å². The first-order valence-electron chi connectivity index (χ1n) is 5.96. The Labute approximate surface area is 116 Å². The van der Waals surface area contributed by atoms with Gasteiger partial charge in [-0.2, -0.15) is 0 Å². The summed E-state index contributed by atoms with van der Waals surface area (Å²) in [6, 6.07) is 18.3. The van der Waals surface area contributed by atoms with Crippen molar-refractivity contribution < 1.29 is 4.74 Å². The number of hydrogen-bond acceptors (Lipinski definition) is 2. The van der Waals surface area contributed by atoms with Crippen molar-refractivity contribution in [3.63, 3.8) is 0 Å². The van der Waals surface area contributed by atoms with Gasteiger partial charge in [-0.15, -0.1) is 0 Å². The summed E-state index contributed by atoms with van der Waals surface area (Å²) in [4.78, 5) is 0. The van der Waals surface area contributed by atoms with E-state index in [9.17, 15) is 0 Å². The average Bonchev–Trinajstić information content (AvgIpc) is 2.42.